The van der Waals surface area contributed by atoms with E-state index in [0.717, 1.165) is 16.4 Å². The molecule has 3 nitrogen and oxygen atoms in total. The Morgan fingerprint density at radius 1 is 1.50 bits per heavy atom. The standard InChI is InChI=1S/C12H16BrNO2/c1-12(2,16)8-14(3)11-5-4-9(7-15)6-10(11)13/h4-7,16H,8H2,1-3H3. The molecule has 16 heavy (non-hydrogen) atoms. The van der Waals surface area contributed by atoms with E-state index in [-0.39, 0.29) is 0 Å². The largest absolute Gasteiger partial charge is 0.389 e. The lowest BCUT2D eigenvalue weighted by atomic mass is 10.1. The molecule has 0 aliphatic carbocycles. The van der Waals surface area contributed by atoms with Gasteiger partial charge in [-0.05, 0) is 48.0 Å². The minimum Gasteiger partial charge on any atom is -0.389 e. The molecule has 0 aliphatic heterocycles. The summed E-state index contributed by atoms with van der Waals surface area (Å²) in [6.45, 7) is 4.04. The number of nitrogens with zero attached hydrogens (tertiary/aromatic N) is 1. The van der Waals surface area contributed by atoms with Crippen molar-refractivity contribution >= 4 is 27.9 Å². The lowest BCUT2D eigenvalue weighted by Crippen LogP contribution is -2.36. The van der Waals surface area contributed by atoms with Gasteiger partial charge in [0.05, 0.1) is 11.3 Å². The van der Waals surface area contributed by atoms with Gasteiger partial charge in [-0.25, -0.2) is 0 Å². The highest BCUT2D eigenvalue weighted by Crippen LogP contribution is 2.27. The van der Waals surface area contributed by atoms with Crippen LogP contribution in [0.3, 0.4) is 0 Å². The highest BCUT2D eigenvalue weighted by molar-refractivity contribution is 9.10. The molecule has 0 saturated heterocycles. The first-order chi connectivity index (χ1) is 7.33. The summed E-state index contributed by atoms with van der Waals surface area (Å²) in [5, 5.41) is 9.73. The van der Waals surface area contributed by atoms with Crippen molar-refractivity contribution in [2.75, 3.05) is 18.5 Å². The van der Waals surface area contributed by atoms with Crippen LogP contribution in [0.4, 0.5) is 5.69 Å². The van der Waals surface area contributed by atoms with Crippen LogP contribution in [-0.4, -0.2) is 30.6 Å². The number of aliphatic hydroxyl groups is 1. The SMILES string of the molecule is CN(CC(C)(C)O)c1ccc(C=O)cc1Br. The molecule has 0 amide bonds. The van der Waals surface area contributed by atoms with Crippen LogP contribution in [0.2, 0.25) is 0 Å². The molecule has 0 radical (unpaired) electrons. The maximum atomic E-state index is 10.6. The molecule has 1 aromatic carbocycles. The van der Waals surface area contributed by atoms with E-state index in [4.69, 9.17) is 0 Å². The van der Waals surface area contributed by atoms with Crippen molar-refractivity contribution in [2.45, 2.75) is 19.4 Å². The van der Waals surface area contributed by atoms with Crippen molar-refractivity contribution in [1.29, 1.82) is 0 Å². The lowest BCUT2D eigenvalue weighted by molar-refractivity contribution is 0.0885. The fourth-order valence-corrected chi connectivity index (χ4v) is 2.27. The van der Waals surface area contributed by atoms with E-state index < -0.39 is 5.60 Å². The van der Waals surface area contributed by atoms with Crippen molar-refractivity contribution in [1.82, 2.24) is 0 Å². The summed E-state index contributed by atoms with van der Waals surface area (Å²) < 4.78 is 0.851. The van der Waals surface area contributed by atoms with E-state index >= 15 is 0 Å². The number of benzene rings is 1. The van der Waals surface area contributed by atoms with Crippen molar-refractivity contribution < 1.29 is 9.90 Å². The minimum absolute atomic E-state index is 0.520. The smallest absolute Gasteiger partial charge is 0.150 e. The summed E-state index contributed by atoms with van der Waals surface area (Å²) in [6, 6.07) is 5.39. The fourth-order valence-electron chi connectivity index (χ4n) is 1.57. The van der Waals surface area contributed by atoms with E-state index in [1.807, 2.05) is 18.0 Å². The van der Waals surface area contributed by atoms with Crippen LogP contribution in [0.25, 0.3) is 0 Å². The van der Waals surface area contributed by atoms with Gasteiger partial charge in [0, 0.05) is 23.6 Å². The molecular weight excluding hydrogens is 270 g/mol. The van der Waals surface area contributed by atoms with Gasteiger partial charge in [-0.15, -0.1) is 0 Å². The topological polar surface area (TPSA) is 40.5 Å². The number of aldehydes is 1. The lowest BCUT2D eigenvalue weighted by Gasteiger charge is -2.28. The highest BCUT2D eigenvalue weighted by atomic mass is 79.9. The Labute approximate surface area is 104 Å². The number of anilines is 1. The Kier molecular flexibility index (Phi) is 4.10. The number of rotatable bonds is 4. The molecule has 0 saturated carbocycles. The van der Waals surface area contributed by atoms with Gasteiger partial charge < -0.3 is 10.0 Å². The van der Waals surface area contributed by atoms with Gasteiger partial charge in [0.2, 0.25) is 0 Å². The minimum atomic E-state index is -0.752. The van der Waals surface area contributed by atoms with E-state index in [1.54, 1.807) is 26.0 Å². The molecule has 0 bridgehead atoms. The molecule has 0 heterocycles. The van der Waals surface area contributed by atoms with Crippen molar-refractivity contribution in [3.8, 4) is 0 Å². The summed E-state index contributed by atoms with van der Waals surface area (Å²) in [4.78, 5) is 12.5. The molecular formula is C12H16BrNO2. The second-order valence-corrected chi connectivity index (χ2v) is 5.35. The first-order valence-electron chi connectivity index (χ1n) is 5.02. The van der Waals surface area contributed by atoms with Crippen LogP contribution < -0.4 is 4.90 Å². The van der Waals surface area contributed by atoms with Crippen molar-refractivity contribution in [2.24, 2.45) is 0 Å². The maximum Gasteiger partial charge on any atom is 0.150 e. The third-order valence-electron chi connectivity index (χ3n) is 2.14. The monoisotopic (exact) mass is 285 g/mol. The van der Waals surface area contributed by atoms with Crippen LogP contribution >= 0.6 is 15.9 Å². The van der Waals surface area contributed by atoms with E-state index in [0.29, 0.717) is 12.1 Å². The number of hydrogen-bond acceptors (Lipinski definition) is 3. The molecule has 88 valence electrons. The molecule has 1 N–H and O–H groups in total. The number of likely N-dealkylation sites (N-methyl/N-ethyl adjacent to an activating group) is 1. The number of carbonyl (C=O) groups is 1. The Hall–Kier alpha value is -0.870. The molecule has 0 aromatic heterocycles. The van der Waals surface area contributed by atoms with Crippen LogP contribution in [0.5, 0.6) is 0 Å². The second-order valence-electron chi connectivity index (χ2n) is 4.50. The second kappa shape index (κ2) is 4.97. The van der Waals surface area contributed by atoms with E-state index in [9.17, 15) is 9.90 Å². The maximum absolute atomic E-state index is 10.6. The van der Waals surface area contributed by atoms with Crippen LogP contribution in [0, 0.1) is 0 Å². The molecule has 0 aliphatic rings. The van der Waals surface area contributed by atoms with Gasteiger partial charge in [-0.3, -0.25) is 4.79 Å². The normalized spacial score (nSPS) is 11.3. The summed E-state index contributed by atoms with van der Waals surface area (Å²) in [6.07, 6.45) is 0.810. The quantitative estimate of drug-likeness (QED) is 0.864. The Bertz CT molecular complexity index is 385. The van der Waals surface area contributed by atoms with E-state index in [2.05, 4.69) is 15.9 Å². The Morgan fingerprint density at radius 2 is 2.12 bits per heavy atom. The van der Waals surface area contributed by atoms with Crippen molar-refractivity contribution in [3.05, 3.63) is 28.2 Å². The van der Waals surface area contributed by atoms with Gasteiger partial charge in [0.1, 0.15) is 6.29 Å². The van der Waals surface area contributed by atoms with Gasteiger partial charge in [0.25, 0.3) is 0 Å². The fraction of sp³-hybridized carbons (Fsp3) is 0.417. The van der Waals surface area contributed by atoms with Crippen LogP contribution in [0.1, 0.15) is 24.2 Å². The van der Waals surface area contributed by atoms with Gasteiger partial charge >= 0.3 is 0 Å². The van der Waals surface area contributed by atoms with Crippen molar-refractivity contribution in [3.63, 3.8) is 0 Å². The Balaban J connectivity index is 2.92. The van der Waals surface area contributed by atoms with Gasteiger partial charge in [-0.2, -0.15) is 0 Å². The summed E-state index contributed by atoms with van der Waals surface area (Å²) in [5.74, 6) is 0. The summed E-state index contributed by atoms with van der Waals surface area (Å²) >= 11 is 3.41. The summed E-state index contributed by atoms with van der Waals surface area (Å²) in [5.41, 5.74) is 0.831. The predicted molar refractivity (Wildman–Crippen MR) is 69.1 cm³/mol. The molecule has 0 atom stereocenters. The van der Waals surface area contributed by atoms with E-state index in [1.165, 1.54) is 0 Å². The third kappa shape index (κ3) is 3.61. The molecule has 0 fully saturated rings. The van der Waals surface area contributed by atoms with Gasteiger partial charge in [-0.1, -0.05) is 0 Å². The third-order valence-corrected chi connectivity index (χ3v) is 2.78. The van der Waals surface area contributed by atoms with Gasteiger partial charge in [0.15, 0.2) is 0 Å². The Morgan fingerprint density at radius 3 is 2.56 bits per heavy atom. The number of carbonyl (C=O) groups excluding carboxylic acids is 1. The molecule has 1 rings (SSSR count). The molecule has 0 spiro atoms. The first-order valence-corrected chi connectivity index (χ1v) is 5.81. The molecule has 1 aromatic rings. The highest BCUT2D eigenvalue weighted by Gasteiger charge is 2.17. The molecule has 0 unspecified atom stereocenters. The zero-order chi connectivity index (χ0) is 12.3. The average molecular weight is 286 g/mol. The zero-order valence-corrected chi connectivity index (χ0v) is 11.3. The predicted octanol–water partition coefficient (Wildman–Crippen LogP) is 2.47. The zero-order valence-electron chi connectivity index (χ0n) is 9.70. The summed E-state index contributed by atoms with van der Waals surface area (Å²) in [7, 11) is 1.90. The first kappa shape index (κ1) is 13.2. The number of hydrogen-bond donors (Lipinski definition) is 1. The van der Waals surface area contributed by atoms with Crippen LogP contribution in [0.15, 0.2) is 22.7 Å². The number of halogens is 1. The van der Waals surface area contributed by atoms with Crippen LogP contribution in [-0.2, 0) is 0 Å². The molecule has 4 heteroatoms. The average Bonchev–Trinajstić information content (AvgIpc) is 2.14.